The summed E-state index contributed by atoms with van der Waals surface area (Å²) in [5.41, 5.74) is 0.973. The Morgan fingerprint density at radius 2 is 1.79 bits per heavy atom. The molecule has 0 aliphatic heterocycles. The Morgan fingerprint density at radius 3 is 2.47 bits per heavy atom. The summed E-state index contributed by atoms with van der Waals surface area (Å²) in [6.45, 7) is 1.69. The summed E-state index contributed by atoms with van der Waals surface area (Å²) in [5.74, 6) is -0.904. The van der Waals surface area contributed by atoms with Gasteiger partial charge in [-0.3, -0.25) is 4.79 Å². The number of carbonyl (C=O) groups is 2. The Hall–Kier alpha value is -4.53. The van der Waals surface area contributed by atoms with Crippen LogP contribution in [0.25, 0.3) is 28.4 Å². The first-order valence-electron chi connectivity index (χ1n) is 10.4. The molecular weight excluding hydrogens is 440 g/mol. The average Bonchev–Trinajstić information content (AvgIpc) is 3.44. The molecule has 0 fully saturated rings. The zero-order valence-corrected chi connectivity index (χ0v) is 18.7. The van der Waals surface area contributed by atoms with Crippen molar-refractivity contribution >= 4 is 28.7 Å². The highest BCUT2D eigenvalue weighted by atomic mass is 16.5. The van der Waals surface area contributed by atoms with Gasteiger partial charge in [-0.05, 0) is 37.3 Å². The van der Waals surface area contributed by atoms with Crippen LogP contribution in [0.15, 0.2) is 58.5 Å². The molecule has 4 rings (SSSR count). The smallest absolute Gasteiger partial charge is 0.342 e. The van der Waals surface area contributed by atoms with E-state index in [0.717, 1.165) is 6.08 Å². The quantitative estimate of drug-likeness (QED) is 0.130. The summed E-state index contributed by atoms with van der Waals surface area (Å²) in [5, 5.41) is 10.9. The van der Waals surface area contributed by atoms with Crippen LogP contribution in [0.1, 0.15) is 23.1 Å². The van der Waals surface area contributed by atoms with Gasteiger partial charge in [0.25, 0.3) is 0 Å². The maximum atomic E-state index is 13.3. The lowest BCUT2D eigenvalue weighted by Crippen LogP contribution is -2.16. The molecule has 0 unspecified atom stereocenters. The summed E-state index contributed by atoms with van der Waals surface area (Å²) >= 11 is 0. The van der Waals surface area contributed by atoms with Crippen LogP contribution >= 0.6 is 0 Å². The molecule has 0 aliphatic rings. The van der Waals surface area contributed by atoms with Crippen LogP contribution in [0.2, 0.25) is 0 Å². The first-order chi connectivity index (χ1) is 16.4. The van der Waals surface area contributed by atoms with Crippen molar-refractivity contribution in [2.24, 2.45) is 0 Å². The number of aromatic hydroxyl groups is 1. The zero-order valence-electron chi connectivity index (χ0n) is 18.7. The molecule has 9 nitrogen and oxygen atoms in total. The minimum absolute atomic E-state index is 0.0601. The van der Waals surface area contributed by atoms with E-state index in [2.05, 4.69) is 9.97 Å². The zero-order chi connectivity index (χ0) is 24.2. The molecule has 2 aromatic carbocycles. The fraction of sp³-hybridized carbons (Fsp3) is 0.160. The van der Waals surface area contributed by atoms with Gasteiger partial charge in [0.2, 0.25) is 11.7 Å². The van der Waals surface area contributed by atoms with E-state index in [1.165, 1.54) is 14.2 Å². The minimum atomic E-state index is -0.857. The topological polar surface area (TPSA) is 124 Å². The van der Waals surface area contributed by atoms with Gasteiger partial charge in [0.15, 0.2) is 11.5 Å². The number of aromatic nitrogens is 2. The molecule has 0 bridgehead atoms. The summed E-state index contributed by atoms with van der Waals surface area (Å²) in [7, 11) is 3.02. The summed E-state index contributed by atoms with van der Waals surface area (Å²) in [4.78, 5) is 33.2. The van der Waals surface area contributed by atoms with Gasteiger partial charge in [-0.1, -0.05) is 18.2 Å². The Balaban J connectivity index is 1.76. The Labute approximate surface area is 194 Å². The molecule has 2 aromatic heterocycles. The lowest BCUT2D eigenvalue weighted by Gasteiger charge is -2.06. The maximum Gasteiger partial charge on any atom is 0.342 e. The molecule has 2 N–H and O–H groups in total. The number of benzene rings is 2. The molecule has 0 spiro atoms. The number of aromatic amines is 1. The lowest BCUT2D eigenvalue weighted by atomic mass is 10.1. The number of hydrogen-bond donors (Lipinski definition) is 2. The molecular formula is C25H22N2O7. The van der Waals surface area contributed by atoms with Crippen molar-refractivity contribution in [3.63, 3.8) is 0 Å². The van der Waals surface area contributed by atoms with Gasteiger partial charge in [0.1, 0.15) is 11.3 Å². The number of nitrogens with zero attached hydrogens (tertiary/aromatic N) is 1. The van der Waals surface area contributed by atoms with E-state index < -0.39 is 17.7 Å². The molecule has 0 amide bonds. The normalized spacial score (nSPS) is 11.4. The Kier molecular flexibility index (Phi) is 6.35. The van der Waals surface area contributed by atoms with Crippen LogP contribution in [-0.4, -0.2) is 47.7 Å². The number of nitrogens with one attached hydrogen (secondary N) is 1. The number of ether oxygens (including phenoxy) is 3. The second-order valence-corrected chi connectivity index (χ2v) is 7.16. The highest BCUT2D eigenvalue weighted by Crippen LogP contribution is 2.33. The first kappa shape index (κ1) is 22.7. The monoisotopic (exact) mass is 462 g/mol. The summed E-state index contributed by atoms with van der Waals surface area (Å²) in [6, 6.07) is 13.9. The molecule has 4 aromatic rings. The largest absolute Gasteiger partial charge is 0.493 e. The fourth-order valence-corrected chi connectivity index (χ4v) is 3.41. The van der Waals surface area contributed by atoms with Gasteiger partial charge < -0.3 is 28.7 Å². The van der Waals surface area contributed by atoms with E-state index in [0.29, 0.717) is 28.0 Å². The number of oxazole rings is 1. The Bertz CT molecular complexity index is 1340. The third kappa shape index (κ3) is 4.36. The molecule has 174 valence electrons. The minimum Gasteiger partial charge on any atom is -0.493 e. The number of Topliss-reactive ketones (excluding diaryl/α,β-unsaturated/α-hetero) is 1. The van der Waals surface area contributed by atoms with Crippen LogP contribution in [0.5, 0.6) is 17.4 Å². The first-order valence-corrected chi connectivity index (χ1v) is 10.4. The van der Waals surface area contributed by atoms with Crippen LogP contribution in [-0.2, 0) is 9.53 Å². The summed E-state index contributed by atoms with van der Waals surface area (Å²) in [6.07, 6.45) is 1.15. The van der Waals surface area contributed by atoms with Crippen LogP contribution in [0, 0.1) is 0 Å². The number of rotatable bonds is 8. The number of hydrogen-bond acceptors (Lipinski definition) is 8. The predicted octanol–water partition coefficient (Wildman–Crippen LogP) is 4.38. The number of methoxy groups -OCH3 is 2. The molecule has 0 saturated carbocycles. The fourth-order valence-electron chi connectivity index (χ4n) is 3.41. The van der Waals surface area contributed by atoms with Crippen molar-refractivity contribution in [2.45, 2.75) is 6.92 Å². The van der Waals surface area contributed by atoms with Crippen molar-refractivity contribution in [1.29, 1.82) is 0 Å². The highest BCUT2D eigenvalue weighted by molar-refractivity contribution is 6.27. The number of H-pyrrole nitrogens is 1. The van der Waals surface area contributed by atoms with E-state index in [4.69, 9.17) is 18.6 Å². The van der Waals surface area contributed by atoms with Crippen molar-refractivity contribution in [2.75, 3.05) is 20.8 Å². The number of carbonyl (C=O) groups excluding carboxylic acids is 2. The van der Waals surface area contributed by atoms with Gasteiger partial charge in [0.05, 0.1) is 26.5 Å². The van der Waals surface area contributed by atoms with Gasteiger partial charge in [-0.25, -0.2) is 9.78 Å². The average molecular weight is 462 g/mol. The van der Waals surface area contributed by atoms with E-state index in [1.807, 2.05) is 6.07 Å². The molecule has 2 heterocycles. The molecule has 0 aliphatic carbocycles. The van der Waals surface area contributed by atoms with Crippen LogP contribution in [0.3, 0.4) is 0 Å². The van der Waals surface area contributed by atoms with Gasteiger partial charge in [0, 0.05) is 22.5 Å². The number of fused-ring (bicyclic) bond motifs is 1. The van der Waals surface area contributed by atoms with E-state index >= 15 is 0 Å². The second kappa shape index (κ2) is 9.53. The Morgan fingerprint density at radius 1 is 1.09 bits per heavy atom. The number of esters is 1. The highest BCUT2D eigenvalue weighted by Gasteiger charge is 2.25. The van der Waals surface area contributed by atoms with Crippen LogP contribution < -0.4 is 9.47 Å². The standard InChI is InChI=1S/C25H22N2O7/c1-4-33-24(29)16(12-19-25(30)34-23(27-19)14-8-6-5-7-9-14)22(28)18-10-15-11-20(31-2)21(32-3)13-17(15)26-18/h5-13,26,30H,4H2,1-3H3/b16-12-. The predicted molar refractivity (Wildman–Crippen MR) is 124 cm³/mol. The van der Waals surface area contributed by atoms with Gasteiger partial charge >= 0.3 is 11.9 Å². The van der Waals surface area contributed by atoms with Gasteiger partial charge in [-0.15, -0.1) is 0 Å². The van der Waals surface area contributed by atoms with Crippen molar-refractivity contribution in [1.82, 2.24) is 9.97 Å². The molecule has 34 heavy (non-hydrogen) atoms. The van der Waals surface area contributed by atoms with Crippen molar-refractivity contribution < 1.29 is 33.3 Å². The molecule has 9 heteroatoms. The molecule has 0 atom stereocenters. The van der Waals surface area contributed by atoms with E-state index in [9.17, 15) is 14.7 Å². The van der Waals surface area contributed by atoms with E-state index in [-0.39, 0.29) is 29.5 Å². The van der Waals surface area contributed by atoms with Gasteiger partial charge in [-0.2, -0.15) is 0 Å². The maximum absolute atomic E-state index is 13.3. The van der Waals surface area contributed by atoms with Crippen molar-refractivity contribution in [3.8, 4) is 28.9 Å². The second-order valence-electron chi connectivity index (χ2n) is 7.16. The third-order valence-electron chi connectivity index (χ3n) is 5.05. The van der Waals surface area contributed by atoms with E-state index in [1.54, 1.807) is 49.4 Å². The molecule has 0 saturated heterocycles. The SMILES string of the molecule is CCOC(=O)/C(=C\c1nc(-c2ccccc2)oc1O)C(=O)c1cc2cc(OC)c(OC)cc2[nH]1. The lowest BCUT2D eigenvalue weighted by molar-refractivity contribution is -0.137. The van der Waals surface area contributed by atoms with Crippen molar-refractivity contribution in [3.05, 3.63) is 65.5 Å². The third-order valence-corrected chi connectivity index (χ3v) is 5.05. The summed E-state index contributed by atoms with van der Waals surface area (Å²) < 4.78 is 21.0. The molecule has 0 radical (unpaired) electrons. The van der Waals surface area contributed by atoms with Crippen LogP contribution in [0.4, 0.5) is 0 Å². The number of ketones is 1.